The number of rotatable bonds is 6. The van der Waals surface area contributed by atoms with E-state index in [9.17, 15) is 14.4 Å². The highest BCUT2D eigenvalue weighted by molar-refractivity contribution is 6.04. The smallest absolute Gasteiger partial charge is 0.233 e. The third-order valence-corrected chi connectivity index (χ3v) is 5.58. The fourth-order valence-electron chi connectivity index (χ4n) is 3.55. The molecule has 0 saturated carbocycles. The van der Waals surface area contributed by atoms with Gasteiger partial charge in [0.05, 0.1) is 12.2 Å². The second-order valence-electron chi connectivity index (χ2n) is 7.67. The number of nitrogens with zero attached hydrogens (tertiary/aromatic N) is 2. The van der Waals surface area contributed by atoms with Crippen molar-refractivity contribution in [3.8, 4) is 0 Å². The molecule has 1 aliphatic rings. The molecule has 0 radical (unpaired) electrons. The van der Waals surface area contributed by atoms with E-state index >= 15 is 0 Å². The number of pyridine rings is 1. The van der Waals surface area contributed by atoms with Crippen LogP contribution in [0.25, 0.3) is 0 Å². The van der Waals surface area contributed by atoms with Crippen LogP contribution < -0.4 is 10.6 Å². The summed E-state index contributed by atoms with van der Waals surface area (Å²) in [5, 5.41) is 5.74. The van der Waals surface area contributed by atoms with Gasteiger partial charge in [0.15, 0.2) is 0 Å². The van der Waals surface area contributed by atoms with Crippen molar-refractivity contribution >= 4 is 23.4 Å². The number of aromatic nitrogens is 1. The number of piperidine rings is 1. The van der Waals surface area contributed by atoms with Crippen LogP contribution in [0.1, 0.15) is 36.1 Å². The lowest BCUT2D eigenvalue weighted by Crippen LogP contribution is -2.43. The number of aryl methyl sites for hydroxylation is 1. The first-order valence-corrected chi connectivity index (χ1v) is 10.3. The van der Waals surface area contributed by atoms with Gasteiger partial charge in [-0.05, 0) is 56.0 Å². The standard InChI is InChI=1S/C23H28N4O3/c1-16-6-5-8-20(17(16)2)26-21(28)14-22(29)27-12-9-18(10-13-27)23(30)25-15-19-7-3-4-11-24-19/h3-8,11,18H,9-10,12-15H2,1-2H3,(H,25,30)(H,26,28). The largest absolute Gasteiger partial charge is 0.350 e. The van der Waals surface area contributed by atoms with Crippen molar-refractivity contribution in [2.45, 2.75) is 39.7 Å². The molecule has 158 valence electrons. The van der Waals surface area contributed by atoms with E-state index < -0.39 is 0 Å². The lowest BCUT2D eigenvalue weighted by atomic mass is 9.95. The van der Waals surface area contributed by atoms with Crippen LogP contribution in [0.2, 0.25) is 0 Å². The molecule has 2 aromatic rings. The highest BCUT2D eigenvalue weighted by Gasteiger charge is 2.28. The number of likely N-dealkylation sites (tertiary alicyclic amines) is 1. The molecule has 1 fully saturated rings. The predicted molar refractivity (Wildman–Crippen MR) is 115 cm³/mol. The van der Waals surface area contributed by atoms with E-state index in [1.165, 1.54) is 0 Å². The molecule has 1 saturated heterocycles. The molecule has 3 rings (SSSR count). The van der Waals surface area contributed by atoms with Crippen molar-refractivity contribution in [2.24, 2.45) is 5.92 Å². The quantitative estimate of drug-likeness (QED) is 0.719. The SMILES string of the molecule is Cc1cccc(NC(=O)CC(=O)N2CCC(C(=O)NCc3ccccn3)CC2)c1C. The molecular formula is C23H28N4O3. The number of benzene rings is 1. The number of hydrogen-bond acceptors (Lipinski definition) is 4. The van der Waals surface area contributed by atoms with E-state index in [-0.39, 0.29) is 30.1 Å². The van der Waals surface area contributed by atoms with Gasteiger partial charge in [-0.1, -0.05) is 18.2 Å². The fourth-order valence-corrected chi connectivity index (χ4v) is 3.55. The number of hydrogen-bond donors (Lipinski definition) is 2. The lowest BCUT2D eigenvalue weighted by Gasteiger charge is -2.31. The van der Waals surface area contributed by atoms with Crippen molar-refractivity contribution in [2.75, 3.05) is 18.4 Å². The Balaban J connectivity index is 1.42. The Labute approximate surface area is 176 Å². The average molecular weight is 409 g/mol. The van der Waals surface area contributed by atoms with Gasteiger partial charge in [0, 0.05) is 30.9 Å². The molecule has 1 aromatic heterocycles. The summed E-state index contributed by atoms with van der Waals surface area (Å²) < 4.78 is 0. The van der Waals surface area contributed by atoms with E-state index in [0.717, 1.165) is 22.5 Å². The molecule has 0 unspecified atom stereocenters. The number of amides is 3. The van der Waals surface area contributed by atoms with E-state index in [1.807, 2.05) is 50.2 Å². The summed E-state index contributed by atoms with van der Waals surface area (Å²) >= 11 is 0. The van der Waals surface area contributed by atoms with Crippen LogP contribution in [-0.2, 0) is 20.9 Å². The summed E-state index contributed by atoms with van der Waals surface area (Å²) in [6, 6.07) is 11.3. The van der Waals surface area contributed by atoms with E-state index in [1.54, 1.807) is 11.1 Å². The van der Waals surface area contributed by atoms with Gasteiger partial charge in [0.2, 0.25) is 17.7 Å². The molecule has 1 aliphatic heterocycles. The lowest BCUT2D eigenvalue weighted by molar-refractivity contribution is -0.138. The normalized spacial score (nSPS) is 14.3. The van der Waals surface area contributed by atoms with Crippen molar-refractivity contribution < 1.29 is 14.4 Å². The van der Waals surface area contributed by atoms with Crippen LogP contribution in [-0.4, -0.2) is 40.7 Å². The summed E-state index contributed by atoms with van der Waals surface area (Å²) in [4.78, 5) is 43.0. The first-order valence-electron chi connectivity index (χ1n) is 10.3. The number of carbonyl (C=O) groups is 3. The minimum atomic E-state index is -0.316. The van der Waals surface area contributed by atoms with Gasteiger partial charge in [-0.25, -0.2) is 0 Å². The van der Waals surface area contributed by atoms with Crippen LogP contribution in [0.4, 0.5) is 5.69 Å². The highest BCUT2D eigenvalue weighted by Crippen LogP contribution is 2.20. The van der Waals surface area contributed by atoms with Crippen molar-refractivity contribution in [1.82, 2.24) is 15.2 Å². The van der Waals surface area contributed by atoms with Crippen LogP contribution in [0.5, 0.6) is 0 Å². The summed E-state index contributed by atoms with van der Waals surface area (Å²) in [7, 11) is 0. The van der Waals surface area contributed by atoms with Gasteiger partial charge in [-0.2, -0.15) is 0 Å². The van der Waals surface area contributed by atoms with Crippen LogP contribution >= 0.6 is 0 Å². The summed E-state index contributed by atoms with van der Waals surface area (Å²) in [5.74, 6) is -0.656. The monoisotopic (exact) mass is 408 g/mol. The number of nitrogens with one attached hydrogen (secondary N) is 2. The third-order valence-electron chi connectivity index (χ3n) is 5.58. The van der Waals surface area contributed by atoms with Gasteiger partial charge in [-0.15, -0.1) is 0 Å². The Morgan fingerprint density at radius 3 is 2.53 bits per heavy atom. The first kappa shape index (κ1) is 21.5. The van der Waals surface area contributed by atoms with E-state index in [2.05, 4.69) is 15.6 Å². The predicted octanol–water partition coefficient (Wildman–Crippen LogP) is 2.58. The zero-order valence-corrected chi connectivity index (χ0v) is 17.5. The molecule has 0 aliphatic carbocycles. The highest BCUT2D eigenvalue weighted by atomic mass is 16.2. The number of carbonyl (C=O) groups excluding carboxylic acids is 3. The molecular weight excluding hydrogens is 380 g/mol. The van der Waals surface area contributed by atoms with Crippen LogP contribution in [0.15, 0.2) is 42.6 Å². The molecule has 7 heteroatoms. The Morgan fingerprint density at radius 2 is 1.83 bits per heavy atom. The molecule has 2 N–H and O–H groups in total. The molecule has 3 amide bonds. The van der Waals surface area contributed by atoms with Crippen molar-refractivity contribution in [3.05, 3.63) is 59.4 Å². The van der Waals surface area contributed by atoms with Crippen LogP contribution in [0.3, 0.4) is 0 Å². The first-order chi connectivity index (χ1) is 14.4. The summed E-state index contributed by atoms with van der Waals surface area (Å²) in [6.45, 7) is 5.29. The van der Waals surface area contributed by atoms with Gasteiger partial charge in [0.1, 0.15) is 6.42 Å². The second kappa shape index (κ2) is 10.0. The van der Waals surface area contributed by atoms with Gasteiger partial charge < -0.3 is 15.5 Å². The topological polar surface area (TPSA) is 91.4 Å². The number of anilines is 1. The molecule has 30 heavy (non-hydrogen) atoms. The van der Waals surface area contributed by atoms with E-state index in [0.29, 0.717) is 32.5 Å². The summed E-state index contributed by atoms with van der Waals surface area (Å²) in [6.07, 6.45) is 2.70. The Bertz CT molecular complexity index is 906. The van der Waals surface area contributed by atoms with Gasteiger partial charge >= 0.3 is 0 Å². The fraction of sp³-hybridized carbons (Fsp3) is 0.391. The maximum atomic E-state index is 12.5. The zero-order valence-electron chi connectivity index (χ0n) is 17.5. The minimum absolute atomic E-state index is 0.0135. The van der Waals surface area contributed by atoms with Crippen LogP contribution in [0, 0.1) is 19.8 Å². The zero-order chi connectivity index (χ0) is 21.5. The Kier molecular flexibility index (Phi) is 7.17. The molecule has 2 heterocycles. The minimum Gasteiger partial charge on any atom is -0.350 e. The Hall–Kier alpha value is -3.22. The molecule has 0 atom stereocenters. The molecule has 0 bridgehead atoms. The second-order valence-corrected chi connectivity index (χ2v) is 7.67. The third kappa shape index (κ3) is 5.65. The maximum Gasteiger partial charge on any atom is 0.233 e. The Morgan fingerprint density at radius 1 is 1.07 bits per heavy atom. The van der Waals surface area contributed by atoms with Gasteiger partial charge in [0.25, 0.3) is 0 Å². The molecule has 0 spiro atoms. The van der Waals surface area contributed by atoms with Crippen molar-refractivity contribution in [3.63, 3.8) is 0 Å². The summed E-state index contributed by atoms with van der Waals surface area (Å²) in [5.41, 5.74) is 3.63. The average Bonchev–Trinajstić information content (AvgIpc) is 2.76. The van der Waals surface area contributed by atoms with Crippen molar-refractivity contribution in [1.29, 1.82) is 0 Å². The molecule has 7 nitrogen and oxygen atoms in total. The van der Waals surface area contributed by atoms with Gasteiger partial charge in [-0.3, -0.25) is 19.4 Å². The maximum absolute atomic E-state index is 12.5. The van der Waals surface area contributed by atoms with E-state index in [4.69, 9.17) is 0 Å². The molecule has 1 aromatic carbocycles.